The van der Waals surface area contributed by atoms with Crippen LogP contribution in [0.5, 0.6) is 0 Å². The van der Waals surface area contributed by atoms with E-state index < -0.39 is 0 Å². The number of aromatic nitrogens is 3. The van der Waals surface area contributed by atoms with Crippen LogP contribution in [0.4, 0.5) is 5.69 Å². The number of rotatable bonds is 2. The van der Waals surface area contributed by atoms with E-state index in [-0.39, 0.29) is 0 Å². The molecule has 0 aliphatic heterocycles. The van der Waals surface area contributed by atoms with Crippen molar-refractivity contribution in [2.24, 2.45) is 0 Å². The number of aryl methyl sites for hydroxylation is 1. The van der Waals surface area contributed by atoms with Gasteiger partial charge in [0.2, 0.25) is 0 Å². The average molecular weight is 242 g/mol. The lowest BCUT2D eigenvalue weighted by molar-refractivity contribution is 0.510. The summed E-state index contributed by atoms with van der Waals surface area (Å²) >= 11 is 0. The molecular weight excluding hydrogens is 224 g/mol. The van der Waals surface area contributed by atoms with Gasteiger partial charge in [-0.15, -0.1) is 10.2 Å². The second-order valence-corrected chi connectivity index (χ2v) is 5.00. The summed E-state index contributed by atoms with van der Waals surface area (Å²) in [6, 6.07) is 8.43. The highest BCUT2D eigenvalue weighted by molar-refractivity contribution is 5.61. The van der Waals surface area contributed by atoms with E-state index in [2.05, 4.69) is 14.8 Å². The lowest BCUT2D eigenvalue weighted by Gasteiger charge is -2.15. The summed E-state index contributed by atoms with van der Waals surface area (Å²) in [6.45, 7) is 2.03. The summed E-state index contributed by atoms with van der Waals surface area (Å²) in [5.41, 5.74) is 7.68. The number of anilines is 1. The van der Waals surface area contributed by atoms with E-state index in [1.54, 1.807) is 0 Å². The summed E-state index contributed by atoms with van der Waals surface area (Å²) < 4.78 is 2.28. The third-order valence-corrected chi connectivity index (χ3v) is 3.70. The first-order valence-electron chi connectivity index (χ1n) is 6.53. The minimum absolute atomic E-state index is 0.552. The van der Waals surface area contributed by atoms with Crippen LogP contribution in [0.2, 0.25) is 0 Å². The van der Waals surface area contributed by atoms with E-state index in [4.69, 9.17) is 5.73 Å². The highest BCUT2D eigenvalue weighted by Crippen LogP contribution is 2.34. The molecule has 1 aromatic carbocycles. The van der Waals surface area contributed by atoms with Gasteiger partial charge in [0.05, 0.1) is 0 Å². The smallest absolute Gasteiger partial charge is 0.164 e. The van der Waals surface area contributed by atoms with Crippen molar-refractivity contribution in [2.75, 3.05) is 5.73 Å². The lowest BCUT2D eigenvalue weighted by Crippen LogP contribution is -2.08. The second kappa shape index (κ2) is 4.44. The molecule has 1 saturated carbocycles. The fourth-order valence-electron chi connectivity index (χ4n) is 2.84. The lowest BCUT2D eigenvalue weighted by atomic mass is 10.1. The predicted octanol–water partition coefficient (Wildman–Crippen LogP) is 2.95. The molecule has 4 nitrogen and oxygen atoms in total. The normalized spacial score (nSPS) is 16.3. The molecule has 18 heavy (non-hydrogen) atoms. The Kier molecular flexibility index (Phi) is 2.78. The molecule has 4 heteroatoms. The van der Waals surface area contributed by atoms with E-state index in [0.717, 1.165) is 22.9 Å². The number of nitrogen functional groups attached to an aromatic ring is 1. The molecule has 0 atom stereocenters. The van der Waals surface area contributed by atoms with E-state index in [1.807, 2.05) is 31.2 Å². The summed E-state index contributed by atoms with van der Waals surface area (Å²) in [5, 5.41) is 8.57. The van der Waals surface area contributed by atoms with Crippen molar-refractivity contribution in [3.05, 3.63) is 30.1 Å². The molecular formula is C14H18N4. The molecule has 2 aromatic rings. The SMILES string of the molecule is Cc1nnc(-c2cccc(N)c2)n1C1CCCC1. The number of hydrogen-bond acceptors (Lipinski definition) is 3. The molecule has 2 N–H and O–H groups in total. The molecule has 0 bridgehead atoms. The van der Waals surface area contributed by atoms with E-state index in [1.165, 1.54) is 25.7 Å². The minimum Gasteiger partial charge on any atom is -0.399 e. The highest BCUT2D eigenvalue weighted by Gasteiger charge is 2.22. The van der Waals surface area contributed by atoms with Gasteiger partial charge >= 0.3 is 0 Å². The molecule has 0 amide bonds. The number of nitrogens with two attached hydrogens (primary N) is 1. The van der Waals surface area contributed by atoms with Gasteiger partial charge in [0.25, 0.3) is 0 Å². The molecule has 1 aliphatic rings. The van der Waals surface area contributed by atoms with Gasteiger partial charge in [-0.2, -0.15) is 0 Å². The Bertz CT molecular complexity index is 553. The van der Waals surface area contributed by atoms with Crippen LogP contribution >= 0.6 is 0 Å². The van der Waals surface area contributed by atoms with Gasteiger partial charge < -0.3 is 10.3 Å². The Labute approximate surface area is 107 Å². The molecule has 94 valence electrons. The first-order chi connectivity index (χ1) is 8.75. The maximum Gasteiger partial charge on any atom is 0.164 e. The summed E-state index contributed by atoms with van der Waals surface area (Å²) in [4.78, 5) is 0. The predicted molar refractivity (Wildman–Crippen MR) is 72.1 cm³/mol. The van der Waals surface area contributed by atoms with Crippen molar-refractivity contribution in [1.82, 2.24) is 14.8 Å². The molecule has 1 fully saturated rings. The Balaban J connectivity index is 2.07. The summed E-state index contributed by atoms with van der Waals surface area (Å²) in [5.74, 6) is 1.95. The number of nitrogens with zero attached hydrogens (tertiary/aromatic N) is 3. The molecule has 0 unspecified atom stereocenters. The number of hydrogen-bond donors (Lipinski definition) is 1. The second-order valence-electron chi connectivity index (χ2n) is 5.00. The fraction of sp³-hybridized carbons (Fsp3) is 0.429. The van der Waals surface area contributed by atoms with Gasteiger partial charge in [-0.05, 0) is 31.9 Å². The Hall–Kier alpha value is -1.84. The van der Waals surface area contributed by atoms with Crippen molar-refractivity contribution < 1.29 is 0 Å². The Morgan fingerprint density at radius 1 is 1.22 bits per heavy atom. The molecule has 1 aromatic heterocycles. The van der Waals surface area contributed by atoms with Crippen LogP contribution in [0.1, 0.15) is 37.5 Å². The molecule has 1 aliphatic carbocycles. The van der Waals surface area contributed by atoms with Crippen LogP contribution in [0.15, 0.2) is 24.3 Å². The third-order valence-electron chi connectivity index (χ3n) is 3.70. The van der Waals surface area contributed by atoms with Gasteiger partial charge in [-0.3, -0.25) is 0 Å². The van der Waals surface area contributed by atoms with Crippen molar-refractivity contribution >= 4 is 5.69 Å². The van der Waals surface area contributed by atoms with Gasteiger partial charge in [0.15, 0.2) is 5.82 Å². The maximum atomic E-state index is 5.85. The third kappa shape index (κ3) is 1.88. The van der Waals surface area contributed by atoms with Gasteiger partial charge in [-0.25, -0.2) is 0 Å². The Morgan fingerprint density at radius 2 is 2.00 bits per heavy atom. The molecule has 0 radical (unpaired) electrons. The van der Waals surface area contributed by atoms with Crippen LogP contribution in [0, 0.1) is 6.92 Å². The summed E-state index contributed by atoms with van der Waals surface area (Å²) in [6.07, 6.45) is 5.07. The van der Waals surface area contributed by atoms with Crippen LogP contribution in [-0.4, -0.2) is 14.8 Å². The zero-order valence-electron chi connectivity index (χ0n) is 10.6. The zero-order valence-corrected chi connectivity index (χ0v) is 10.6. The quantitative estimate of drug-likeness (QED) is 0.824. The molecule has 0 saturated heterocycles. The van der Waals surface area contributed by atoms with E-state index in [0.29, 0.717) is 6.04 Å². The van der Waals surface area contributed by atoms with Crippen LogP contribution < -0.4 is 5.73 Å². The first-order valence-corrected chi connectivity index (χ1v) is 6.53. The van der Waals surface area contributed by atoms with Gasteiger partial charge in [0, 0.05) is 17.3 Å². The zero-order chi connectivity index (χ0) is 12.5. The largest absolute Gasteiger partial charge is 0.399 e. The van der Waals surface area contributed by atoms with E-state index >= 15 is 0 Å². The monoisotopic (exact) mass is 242 g/mol. The maximum absolute atomic E-state index is 5.85. The van der Waals surface area contributed by atoms with Crippen molar-refractivity contribution in [3.8, 4) is 11.4 Å². The Morgan fingerprint density at radius 3 is 2.72 bits per heavy atom. The van der Waals surface area contributed by atoms with Crippen LogP contribution in [-0.2, 0) is 0 Å². The van der Waals surface area contributed by atoms with E-state index in [9.17, 15) is 0 Å². The number of benzene rings is 1. The minimum atomic E-state index is 0.552. The van der Waals surface area contributed by atoms with Gasteiger partial charge in [-0.1, -0.05) is 25.0 Å². The van der Waals surface area contributed by atoms with Gasteiger partial charge in [0.1, 0.15) is 5.82 Å². The fourth-order valence-corrected chi connectivity index (χ4v) is 2.84. The standard InChI is InChI=1S/C14H18N4/c1-10-16-17-14(11-5-4-6-12(15)9-11)18(10)13-7-2-3-8-13/h4-6,9,13H,2-3,7-8,15H2,1H3. The molecule has 1 heterocycles. The first kappa shape index (κ1) is 11.3. The summed E-state index contributed by atoms with van der Waals surface area (Å²) in [7, 11) is 0. The van der Waals surface area contributed by atoms with Crippen LogP contribution in [0.25, 0.3) is 11.4 Å². The van der Waals surface area contributed by atoms with Crippen molar-refractivity contribution in [3.63, 3.8) is 0 Å². The van der Waals surface area contributed by atoms with Crippen molar-refractivity contribution in [1.29, 1.82) is 0 Å². The average Bonchev–Trinajstić information content (AvgIpc) is 2.97. The topological polar surface area (TPSA) is 56.7 Å². The highest BCUT2D eigenvalue weighted by atomic mass is 15.3. The van der Waals surface area contributed by atoms with Crippen molar-refractivity contribution in [2.45, 2.75) is 38.6 Å². The van der Waals surface area contributed by atoms with Crippen LogP contribution in [0.3, 0.4) is 0 Å². The molecule has 0 spiro atoms. The molecule has 3 rings (SSSR count).